The number of nitrogens with zero attached hydrogens (tertiary/aromatic N) is 2. The average molecular weight is 272 g/mol. The highest BCUT2D eigenvalue weighted by molar-refractivity contribution is 5.77. The van der Waals surface area contributed by atoms with Gasteiger partial charge in [0.05, 0.1) is 12.1 Å². The van der Waals surface area contributed by atoms with E-state index in [9.17, 15) is 4.79 Å². The van der Waals surface area contributed by atoms with Crippen molar-refractivity contribution in [3.63, 3.8) is 0 Å². The summed E-state index contributed by atoms with van der Waals surface area (Å²) in [6.07, 6.45) is 3.66. The van der Waals surface area contributed by atoms with Crippen LogP contribution in [0.4, 0.5) is 0 Å². The van der Waals surface area contributed by atoms with E-state index in [-0.39, 0.29) is 5.97 Å². The molecule has 0 N–H and O–H groups in total. The van der Waals surface area contributed by atoms with Crippen molar-refractivity contribution in [2.24, 2.45) is 5.92 Å². The van der Waals surface area contributed by atoms with Gasteiger partial charge < -0.3 is 4.74 Å². The van der Waals surface area contributed by atoms with Gasteiger partial charge in [0.15, 0.2) is 0 Å². The van der Waals surface area contributed by atoms with Crippen molar-refractivity contribution >= 4 is 16.9 Å². The summed E-state index contributed by atoms with van der Waals surface area (Å²) in [5.41, 5.74) is 0.944. The van der Waals surface area contributed by atoms with Gasteiger partial charge in [-0.15, -0.1) is 0 Å². The number of fused-ring (bicyclic) bond motifs is 1. The van der Waals surface area contributed by atoms with Gasteiger partial charge in [-0.25, -0.2) is 9.97 Å². The SMILES string of the molecule is CC(C)COC(=O)CCCc1ncc2ccccc2n1. The van der Waals surface area contributed by atoms with Crippen LogP contribution in [0.1, 0.15) is 32.5 Å². The van der Waals surface area contributed by atoms with Crippen LogP contribution in [0.25, 0.3) is 10.9 Å². The molecule has 0 aliphatic carbocycles. The third-order valence-corrected chi connectivity index (χ3v) is 2.90. The molecule has 0 amide bonds. The molecule has 0 fully saturated rings. The van der Waals surface area contributed by atoms with Crippen LogP contribution >= 0.6 is 0 Å². The zero-order chi connectivity index (χ0) is 14.4. The summed E-state index contributed by atoms with van der Waals surface area (Å²) in [7, 11) is 0. The summed E-state index contributed by atoms with van der Waals surface area (Å²) >= 11 is 0. The minimum Gasteiger partial charge on any atom is -0.465 e. The maximum Gasteiger partial charge on any atom is 0.305 e. The first-order valence-electron chi connectivity index (χ1n) is 7.01. The zero-order valence-electron chi connectivity index (χ0n) is 12.0. The number of esters is 1. The van der Waals surface area contributed by atoms with Crippen LogP contribution in [0.5, 0.6) is 0 Å². The van der Waals surface area contributed by atoms with Crippen LogP contribution in [0, 0.1) is 5.92 Å². The first kappa shape index (κ1) is 14.4. The van der Waals surface area contributed by atoms with Gasteiger partial charge in [-0.1, -0.05) is 32.0 Å². The van der Waals surface area contributed by atoms with Gasteiger partial charge >= 0.3 is 5.97 Å². The maximum absolute atomic E-state index is 11.5. The lowest BCUT2D eigenvalue weighted by molar-refractivity contribution is -0.144. The fraction of sp³-hybridized carbons (Fsp3) is 0.438. The van der Waals surface area contributed by atoms with Crippen LogP contribution in [-0.2, 0) is 16.0 Å². The Bertz CT molecular complexity index is 581. The van der Waals surface area contributed by atoms with Crippen molar-refractivity contribution in [1.29, 1.82) is 0 Å². The molecular weight excluding hydrogens is 252 g/mol. The fourth-order valence-corrected chi connectivity index (χ4v) is 1.85. The molecule has 0 atom stereocenters. The Balaban J connectivity index is 1.82. The standard InChI is InChI=1S/C16H20N2O2/c1-12(2)11-20-16(19)9-5-8-15-17-10-13-6-3-4-7-14(13)18-15/h3-4,6-7,10,12H,5,8-9,11H2,1-2H3. The van der Waals surface area contributed by atoms with Gasteiger partial charge in [0.1, 0.15) is 5.82 Å². The Morgan fingerprint density at radius 2 is 2.10 bits per heavy atom. The third kappa shape index (κ3) is 4.30. The molecule has 0 aliphatic rings. The normalized spacial score (nSPS) is 10.9. The Hall–Kier alpha value is -1.97. The van der Waals surface area contributed by atoms with Gasteiger partial charge in [-0.3, -0.25) is 4.79 Å². The molecule has 0 unspecified atom stereocenters. The van der Waals surface area contributed by atoms with Crippen molar-refractivity contribution in [2.45, 2.75) is 33.1 Å². The number of rotatable bonds is 6. The molecule has 4 heteroatoms. The number of hydrogen-bond donors (Lipinski definition) is 0. The number of aryl methyl sites for hydroxylation is 1. The summed E-state index contributed by atoms with van der Waals surface area (Å²) in [6, 6.07) is 7.89. The smallest absolute Gasteiger partial charge is 0.305 e. The topological polar surface area (TPSA) is 52.1 Å². The largest absolute Gasteiger partial charge is 0.465 e. The van der Waals surface area contributed by atoms with Gasteiger partial charge in [0, 0.05) is 24.4 Å². The van der Waals surface area contributed by atoms with E-state index in [0.717, 1.165) is 23.1 Å². The molecule has 0 saturated carbocycles. The minimum absolute atomic E-state index is 0.139. The van der Waals surface area contributed by atoms with Crippen molar-refractivity contribution in [1.82, 2.24) is 9.97 Å². The quantitative estimate of drug-likeness (QED) is 0.758. The number of benzene rings is 1. The Labute approximate surface area is 119 Å². The first-order valence-corrected chi connectivity index (χ1v) is 7.01. The van der Waals surface area contributed by atoms with E-state index in [4.69, 9.17) is 4.74 Å². The average Bonchev–Trinajstić information content (AvgIpc) is 2.45. The number of para-hydroxylation sites is 1. The Morgan fingerprint density at radius 3 is 2.90 bits per heavy atom. The highest BCUT2D eigenvalue weighted by Crippen LogP contribution is 2.11. The molecule has 1 heterocycles. The highest BCUT2D eigenvalue weighted by Gasteiger charge is 2.06. The molecule has 0 aliphatic heterocycles. The molecule has 1 aromatic heterocycles. The number of ether oxygens (including phenoxy) is 1. The molecule has 0 spiro atoms. The van der Waals surface area contributed by atoms with E-state index < -0.39 is 0 Å². The lowest BCUT2D eigenvalue weighted by Crippen LogP contribution is -2.10. The fourth-order valence-electron chi connectivity index (χ4n) is 1.85. The lowest BCUT2D eigenvalue weighted by atomic mass is 10.2. The summed E-state index contributed by atoms with van der Waals surface area (Å²) in [5, 5.41) is 1.03. The van der Waals surface area contributed by atoms with Crippen molar-refractivity contribution in [2.75, 3.05) is 6.61 Å². The van der Waals surface area contributed by atoms with Gasteiger partial charge in [0.2, 0.25) is 0 Å². The zero-order valence-corrected chi connectivity index (χ0v) is 12.0. The lowest BCUT2D eigenvalue weighted by Gasteiger charge is -2.06. The molecule has 0 saturated heterocycles. The van der Waals surface area contributed by atoms with Gasteiger partial charge in [-0.2, -0.15) is 0 Å². The summed E-state index contributed by atoms with van der Waals surface area (Å²) < 4.78 is 5.13. The van der Waals surface area contributed by atoms with E-state index in [0.29, 0.717) is 25.4 Å². The van der Waals surface area contributed by atoms with Crippen LogP contribution in [0.15, 0.2) is 30.5 Å². The van der Waals surface area contributed by atoms with Crippen LogP contribution in [0.2, 0.25) is 0 Å². The monoisotopic (exact) mass is 272 g/mol. The van der Waals surface area contributed by atoms with Crippen molar-refractivity contribution < 1.29 is 9.53 Å². The molecule has 1 aromatic carbocycles. The van der Waals surface area contributed by atoms with Gasteiger partial charge in [-0.05, 0) is 18.4 Å². The molecule has 2 aromatic rings. The van der Waals surface area contributed by atoms with E-state index in [1.807, 2.05) is 44.3 Å². The molecular formula is C16H20N2O2. The summed E-state index contributed by atoms with van der Waals surface area (Å²) in [6.45, 7) is 4.54. The van der Waals surface area contributed by atoms with Crippen LogP contribution < -0.4 is 0 Å². The molecule has 106 valence electrons. The van der Waals surface area contributed by atoms with E-state index in [2.05, 4.69) is 9.97 Å². The van der Waals surface area contributed by atoms with Crippen molar-refractivity contribution in [3.8, 4) is 0 Å². The summed E-state index contributed by atoms with van der Waals surface area (Å²) in [5.74, 6) is 1.02. The van der Waals surface area contributed by atoms with Crippen LogP contribution in [0.3, 0.4) is 0 Å². The molecule has 4 nitrogen and oxygen atoms in total. The van der Waals surface area contributed by atoms with E-state index in [1.165, 1.54) is 0 Å². The number of hydrogen-bond acceptors (Lipinski definition) is 4. The Kier molecular flexibility index (Phi) is 5.04. The number of aromatic nitrogens is 2. The maximum atomic E-state index is 11.5. The van der Waals surface area contributed by atoms with Gasteiger partial charge in [0.25, 0.3) is 0 Å². The Morgan fingerprint density at radius 1 is 1.30 bits per heavy atom. The summed E-state index contributed by atoms with van der Waals surface area (Å²) in [4.78, 5) is 20.3. The highest BCUT2D eigenvalue weighted by atomic mass is 16.5. The second kappa shape index (κ2) is 6.98. The predicted octanol–water partition coefficient (Wildman–Crippen LogP) is 3.15. The van der Waals surface area contributed by atoms with E-state index in [1.54, 1.807) is 0 Å². The molecule has 0 bridgehead atoms. The number of carbonyl (C=O) groups is 1. The van der Waals surface area contributed by atoms with E-state index >= 15 is 0 Å². The third-order valence-electron chi connectivity index (χ3n) is 2.90. The van der Waals surface area contributed by atoms with Crippen molar-refractivity contribution in [3.05, 3.63) is 36.3 Å². The molecule has 2 rings (SSSR count). The van der Waals surface area contributed by atoms with Crippen LogP contribution in [-0.4, -0.2) is 22.5 Å². The second-order valence-corrected chi connectivity index (χ2v) is 5.28. The first-order chi connectivity index (χ1) is 9.65. The predicted molar refractivity (Wildman–Crippen MR) is 78.3 cm³/mol. The molecule has 20 heavy (non-hydrogen) atoms. The minimum atomic E-state index is -0.139. The second-order valence-electron chi connectivity index (χ2n) is 5.28. The number of carbonyl (C=O) groups excluding carboxylic acids is 1. The molecule has 0 radical (unpaired) electrons.